The Morgan fingerprint density at radius 1 is 0.844 bits per heavy atom. The summed E-state index contributed by atoms with van der Waals surface area (Å²) >= 11 is 2.27. The largest absolute Gasteiger partial charge is 0.335 e. The fraction of sp³-hybridized carbons (Fsp3) is 0.160. The molecule has 5 nitrogen and oxygen atoms in total. The lowest BCUT2D eigenvalue weighted by molar-refractivity contribution is -0.115. The number of benzene rings is 3. The molecule has 4 rings (SSSR count). The summed E-state index contributed by atoms with van der Waals surface area (Å²) < 4.78 is -0.619. The van der Waals surface area contributed by atoms with Crippen LogP contribution in [-0.4, -0.2) is 20.9 Å². The van der Waals surface area contributed by atoms with Crippen LogP contribution in [0.2, 0.25) is 0 Å². The minimum atomic E-state index is -0.619. The second-order valence-corrected chi connectivity index (χ2v) is 10.0. The van der Waals surface area contributed by atoms with Crippen molar-refractivity contribution in [3.63, 3.8) is 0 Å². The predicted molar refractivity (Wildman–Crippen MR) is 136 cm³/mol. The molecule has 3 aromatic carbocycles. The van der Waals surface area contributed by atoms with Crippen LogP contribution in [0.15, 0.2) is 77.8 Å². The lowest BCUT2D eigenvalue weighted by atomic mass is 10.2. The van der Waals surface area contributed by atoms with Gasteiger partial charge in [-0.05, 0) is 68.9 Å². The molecular weight excluding hydrogens is 438 g/mol. The number of amides is 2. The number of carbonyl (C=O) groups excluding carboxylic acids is 2. The summed E-state index contributed by atoms with van der Waals surface area (Å²) in [6.45, 7) is 6.02. The van der Waals surface area contributed by atoms with Crippen molar-refractivity contribution in [2.45, 2.75) is 25.4 Å². The van der Waals surface area contributed by atoms with Gasteiger partial charge in [0.2, 0.25) is 0 Å². The molecule has 7 heteroatoms. The van der Waals surface area contributed by atoms with E-state index in [0.717, 1.165) is 39.8 Å². The lowest BCUT2D eigenvalue weighted by Crippen LogP contribution is -2.31. The summed E-state index contributed by atoms with van der Waals surface area (Å²) in [6, 6.07) is 23.2. The molecule has 32 heavy (non-hydrogen) atoms. The Labute approximate surface area is 196 Å². The van der Waals surface area contributed by atoms with Gasteiger partial charge in [0.05, 0.1) is 11.4 Å². The van der Waals surface area contributed by atoms with Crippen LogP contribution in [0.3, 0.4) is 0 Å². The minimum absolute atomic E-state index is 0.254. The first-order valence-electron chi connectivity index (χ1n) is 10.2. The molecule has 1 aliphatic heterocycles. The van der Waals surface area contributed by atoms with Gasteiger partial charge >= 0.3 is 0 Å². The Balaban J connectivity index is 1.59. The monoisotopic (exact) mass is 461 g/mol. The van der Waals surface area contributed by atoms with Crippen molar-refractivity contribution in [3.05, 3.63) is 89.5 Å². The zero-order valence-corrected chi connectivity index (χ0v) is 19.7. The second kappa shape index (κ2) is 9.63. The number of carbonyl (C=O) groups is 2. The van der Waals surface area contributed by atoms with Crippen LogP contribution < -0.4 is 10.2 Å². The van der Waals surface area contributed by atoms with Gasteiger partial charge in [0.1, 0.15) is 4.58 Å². The van der Waals surface area contributed by atoms with Crippen LogP contribution in [0, 0.1) is 20.8 Å². The molecule has 0 bridgehead atoms. The van der Waals surface area contributed by atoms with Crippen LogP contribution >= 0.6 is 23.5 Å². The Bertz CT molecular complexity index is 1160. The first-order chi connectivity index (χ1) is 15.4. The van der Waals surface area contributed by atoms with Gasteiger partial charge in [-0.1, -0.05) is 64.9 Å². The molecule has 3 aromatic rings. The molecule has 0 spiro atoms. The maximum absolute atomic E-state index is 13.1. The van der Waals surface area contributed by atoms with Gasteiger partial charge in [-0.2, -0.15) is 0 Å². The van der Waals surface area contributed by atoms with Crippen LogP contribution in [0.25, 0.3) is 0 Å². The summed E-state index contributed by atoms with van der Waals surface area (Å²) in [5, 5.41) is 3.59. The Hall–Kier alpha value is -3.03. The number of hydrogen-bond acceptors (Lipinski definition) is 5. The molecule has 0 unspecified atom stereocenters. The van der Waals surface area contributed by atoms with Crippen LogP contribution in [-0.2, 0) is 4.79 Å². The quantitative estimate of drug-likeness (QED) is 0.347. The van der Waals surface area contributed by atoms with Crippen molar-refractivity contribution in [1.29, 1.82) is 0 Å². The molecule has 1 fully saturated rings. The fourth-order valence-corrected chi connectivity index (χ4v) is 5.22. The Morgan fingerprint density at radius 2 is 1.38 bits per heavy atom. The van der Waals surface area contributed by atoms with Crippen LogP contribution in [0.1, 0.15) is 16.7 Å². The van der Waals surface area contributed by atoms with Gasteiger partial charge in [-0.3, -0.25) is 9.59 Å². The fourth-order valence-electron chi connectivity index (χ4n) is 3.07. The SMILES string of the molecule is Cc1ccc(N=C(Nc2ccc(C)cc2)S[C@@H]2SC(=O)N(c3ccc(C)cc3)C2=O)cc1. The number of aryl methyl sites for hydroxylation is 3. The normalized spacial score (nSPS) is 16.5. The third-order valence-electron chi connectivity index (χ3n) is 4.89. The van der Waals surface area contributed by atoms with Crippen molar-refractivity contribution in [2.24, 2.45) is 4.99 Å². The number of nitrogens with zero attached hydrogens (tertiary/aromatic N) is 2. The number of aliphatic imine (C=N–C) groups is 1. The molecule has 0 aliphatic carbocycles. The predicted octanol–water partition coefficient (Wildman–Crippen LogP) is 6.67. The smallest absolute Gasteiger partial charge is 0.294 e. The molecule has 1 N–H and O–H groups in total. The van der Waals surface area contributed by atoms with E-state index < -0.39 is 4.58 Å². The maximum Gasteiger partial charge on any atom is 0.294 e. The zero-order chi connectivity index (χ0) is 22.7. The summed E-state index contributed by atoms with van der Waals surface area (Å²) in [5.74, 6) is -0.254. The molecule has 1 saturated heterocycles. The molecule has 2 amide bonds. The first-order valence-corrected chi connectivity index (χ1v) is 11.9. The highest BCUT2D eigenvalue weighted by Gasteiger charge is 2.42. The molecule has 162 valence electrons. The summed E-state index contributed by atoms with van der Waals surface area (Å²) in [4.78, 5) is 31.7. The summed E-state index contributed by atoms with van der Waals surface area (Å²) in [6.07, 6.45) is 0. The molecule has 0 radical (unpaired) electrons. The van der Waals surface area contributed by atoms with Crippen LogP contribution in [0.5, 0.6) is 0 Å². The first kappa shape index (κ1) is 22.2. The van der Waals surface area contributed by atoms with E-state index in [9.17, 15) is 9.59 Å². The van der Waals surface area contributed by atoms with E-state index in [1.54, 1.807) is 12.1 Å². The van der Waals surface area contributed by atoms with E-state index in [-0.39, 0.29) is 11.1 Å². The highest BCUT2D eigenvalue weighted by atomic mass is 32.2. The number of nitrogens with one attached hydrogen (secondary N) is 1. The van der Waals surface area contributed by atoms with E-state index in [4.69, 9.17) is 4.99 Å². The van der Waals surface area contributed by atoms with Crippen molar-refractivity contribution in [2.75, 3.05) is 10.2 Å². The van der Waals surface area contributed by atoms with Gasteiger partial charge < -0.3 is 5.32 Å². The van der Waals surface area contributed by atoms with Crippen molar-refractivity contribution in [3.8, 4) is 0 Å². The molecule has 0 aromatic heterocycles. The molecular formula is C25H23N3O2S2. The number of anilines is 2. The van der Waals surface area contributed by atoms with Gasteiger partial charge in [-0.25, -0.2) is 9.89 Å². The van der Waals surface area contributed by atoms with Gasteiger partial charge in [-0.15, -0.1) is 0 Å². The molecule has 1 atom stereocenters. The standard InChI is InChI=1S/C25H23N3O2S2/c1-16-4-10-19(11-5-16)26-24(27-20-12-6-17(2)7-13-20)31-23-22(29)28(25(30)32-23)21-14-8-18(3)9-15-21/h4-15,23H,1-3H3,(H,26,27)/t23-/m1/s1. The topological polar surface area (TPSA) is 61.8 Å². The Morgan fingerprint density at radius 3 is 1.97 bits per heavy atom. The number of amidine groups is 1. The average molecular weight is 462 g/mol. The average Bonchev–Trinajstić information content (AvgIpc) is 3.05. The third kappa shape index (κ3) is 5.23. The van der Waals surface area contributed by atoms with Crippen LogP contribution in [0.4, 0.5) is 21.9 Å². The number of rotatable bonds is 4. The van der Waals surface area contributed by atoms with Crippen molar-refractivity contribution < 1.29 is 9.59 Å². The highest BCUT2D eigenvalue weighted by molar-refractivity contribution is 8.31. The Kier molecular flexibility index (Phi) is 6.67. The van der Waals surface area contributed by atoms with E-state index in [2.05, 4.69) is 5.32 Å². The third-order valence-corrected chi connectivity index (χ3v) is 7.10. The van der Waals surface area contributed by atoms with Crippen molar-refractivity contribution >= 4 is 56.9 Å². The lowest BCUT2D eigenvalue weighted by Gasteiger charge is -2.15. The van der Waals surface area contributed by atoms with E-state index in [1.807, 2.05) is 81.4 Å². The summed E-state index contributed by atoms with van der Waals surface area (Å²) in [5.41, 5.74) is 5.60. The van der Waals surface area contributed by atoms with Gasteiger partial charge in [0.15, 0.2) is 5.17 Å². The molecule has 1 heterocycles. The summed E-state index contributed by atoms with van der Waals surface area (Å²) in [7, 11) is 0. The number of imide groups is 1. The van der Waals surface area contributed by atoms with Gasteiger partial charge in [0, 0.05) is 5.69 Å². The van der Waals surface area contributed by atoms with Crippen molar-refractivity contribution in [1.82, 2.24) is 0 Å². The maximum atomic E-state index is 13.1. The number of hydrogen-bond donors (Lipinski definition) is 1. The minimum Gasteiger partial charge on any atom is -0.335 e. The van der Waals surface area contributed by atoms with E-state index in [0.29, 0.717) is 10.9 Å². The zero-order valence-electron chi connectivity index (χ0n) is 18.0. The van der Waals surface area contributed by atoms with E-state index in [1.165, 1.54) is 16.7 Å². The highest BCUT2D eigenvalue weighted by Crippen LogP contribution is 2.38. The molecule has 1 aliphatic rings. The van der Waals surface area contributed by atoms with E-state index >= 15 is 0 Å². The number of thioether (sulfide) groups is 2. The van der Waals surface area contributed by atoms with Gasteiger partial charge in [0.25, 0.3) is 11.1 Å². The molecule has 0 saturated carbocycles. The second-order valence-electron chi connectivity index (χ2n) is 7.59.